The third-order valence-electron chi connectivity index (χ3n) is 7.01. The molecule has 0 bridgehead atoms. The van der Waals surface area contributed by atoms with Gasteiger partial charge >= 0.3 is 0 Å². The molecule has 1 saturated heterocycles. The first-order valence-corrected chi connectivity index (χ1v) is 12.3. The van der Waals surface area contributed by atoms with E-state index < -0.39 is 15.4 Å². The number of nitrogens with zero attached hydrogens (tertiary/aromatic N) is 2. The summed E-state index contributed by atoms with van der Waals surface area (Å²) in [7, 11) is -1.95. The average Bonchev–Trinajstić information content (AvgIpc) is 3.30. The molecule has 164 valence electrons. The van der Waals surface area contributed by atoms with Gasteiger partial charge in [-0.2, -0.15) is 4.31 Å². The van der Waals surface area contributed by atoms with E-state index in [1.54, 1.807) is 30.1 Å². The first kappa shape index (κ1) is 21.3. The van der Waals surface area contributed by atoms with Gasteiger partial charge in [-0.25, -0.2) is 8.42 Å². The molecule has 1 saturated carbocycles. The van der Waals surface area contributed by atoms with Crippen LogP contribution in [0.4, 0.5) is 5.69 Å². The molecular formula is C22H31N3O4S. The van der Waals surface area contributed by atoms with Crippen molar-refractivity contribution < 1.29 is 18.0 Å². The summed E-state index contributed by atoms with van der Waals surface area (Å²) in [4.78, 5) is 26.8. The van der Waals surface area contributed by atoms with Gasteiger partial charge in [0.25, 0.3) is 0 Å². The average molecular weight is 434 g/mol. The van der Waals surface area contributed by atoms with E-state index in [2.05, 4.69) is 5.32 Å². The molecule has 8 heteroatoms. The van der Waals surface area contributed by atoms with Crippen molar-refractivity contribution in [3.8, 4) is 0 Å². The molecule has 2 amide bonds. The summed E-state index contributed by atoms with van der Waals surface area (Å²) in [5.74, 6) is -0.0943. The molecule has 0 atom stereocenters. The predicted octanol–water partition coefficient (Wildman–Crippen LogP) is 2.40. The third kappa shape index (κ3) is 3.54. The predicted molar refractivity (Wildman–Crippen MR) is 115 cm³/mol. The summed E-state index contributed by atoms with van der Waals surface area (Å²) in [6, 6.07) is 5.23. The Hall–Kier alpha value is -1.93. The lowest BCUT2D eigenvalue weighted by Gasteiger charge is -2.31. The minimum atomic E-state index is -3.67. The zero-order valence-electron chi connectivity index (χ0n) is 18.0. The number of carbonyl (C=O) groups is 2. The second kappa shape index (κ2) is 7.64. The number of piperidine rings is 1. The van der Waals surface area contributed by atoms with E-state index >= 15 is 0 Å². The van der Waals surface area contributed by atoms with Crippen molar-refractivity contribution in [1.29, 1.82) is 0 Å². The fourth-order valence-corrected chi connectivity index (χ4v) is 6.51. The summed E-state index contributed by atoms with van der Waals surface area (Å²) >= 11 is 0. The van der Waals surface area contributed by atoms with Crippen LogP contribution in [0.25, 0.3) is 0 Å². The van der Waals surface area contributed by atoms with Gasteiger partial charge in [-0.3, -0.25) is 9.59 Å². The van der Waals surface area contributed by atoms with Gasteiger partial charge in [0.1, 0.15) is 0 Å². The van der Waals surface area contributed by atoms with E-state index in [0.717, 1.165) is 24.1 Å². The molecule has 30 heavy (non-hydrogen) atoms. The van der Waals surface area contributed by atoms with Gasteiger partial charge in [-0.05, 0) is 63.3 Å². The number of likely N-dealkylation sites (N-methyl/N-ethyl adjacent to an activating group) is 1. The molecule has 0 spiro atoms. The summed E-state index contributed by atoms with van der Waals surface area (Å²) in [6.45, 7) is 4.32. The van der Waals surface area contributed by atoms with Crippen LogP contribution in [-0.4, -0.2) is 50.7 Å². The van der Waals surface area contributed by atoms with Gasteiger partial charge in [0.15, 0.2) is 0 Å². The quantitative estimate of drug-likeness (QED) is 0.790. The van der Waals surface area contributed by atoms with Gasteiger partial charge in [0, 0.05) is 37.8 Å². The second-order valence-electron chi connectivity index (χ2n) is 9.34. The lowest BCUT2D eigenvalue weighted by Crippen LogP contribution is -2.44. The van der Waals surface area contributed by atoms with Gasteiger partial charge in [0.2, 0.25) is 21.8 Å². The monoisotopic (exact) mass is 433 g/mol. The fraction of sp³-hybridized carbons (Fsp3) is 0.636. The highest BCUT2D eigenvalue weighted by Crippen LogP contribution is 2.42. The molecule has 1 aromatic rings. The van der Waals surface area contributed by atoms with E-state index in [1.165, 1.54) is 17.1 Å². The summed E-state index contributed by atoms with van der Waals surface area (Å²) in [5.41, 5.74) is 0.745. The molecule has 0 aromatic heterocycles. The SMILES string of the molecule is CN1C(=O)C(C)(C)c2cc(S(=O)(=O)N3CCC(C(=O)NC4CCCC4)CC3)ccc21. The van der Waals surface area contributed by atoms with Crippen molar-refractivity contribution >= 4 is 27.5 Å². The Morgan fingerprint density at radius 1 is 1.10 bits per heavy atom. The topological polar surface area (TPSA) is 86.8 Å². The molecule has 1 N–H and O–H groups in total. The second-order valence-corrected chi connectivity index (χ2v) is 11.3. The van der Waals surface area contributed by atoms with E-state index in [1.807, 2.05) is 13.8 Å². The lowest BCUT2D eigenvalue weighted by molar-refractivity contribution is -0.126. The van der Waals surface area contributed by atoms with Gasteiger partial charge < -0.3 is 10.2 Å². The Bertz CT molecular complexity index is 959. The van der Waals surface area contributed by atoms with Crippen molar-refractivity contribution in [1.82, 2.24) is 9.62 Å². The zero-order chi connectivity index (χ0) is 21.7. The molecular weight excluding hydrogens is 402 g/mol. The Morgan fingerprint density at radius 2 is 1.73 bits per heavy atom. The fourth-order valence-electron chi connectivity index (χ4n) is 5.01. The van der Waals surface area contributed by atoms with Gasteiger partial charge in [0.05, 0.1) is 10.3 Å². The van der Waals surface area contributed by atoms with E-state index in [4.69, 9.17) is 0 Å². The molecule has 0 unspecified atom stereocenters. The highest BCUT2D eigenvalue weighted by Gasteiger charge is 2.43. The van der Waals surface area contributed by atoms with Crippen molar-refractivity contribution in [3.05, 3.63) is 23.8 Å². The maximum Gasteiger partial charge on any atom is 0.243 e. The Balaban J connectivity index is 1.46. The molecule has 3 aliphatic rings. The number of hydrogen-bond acceptors (Lipinski definition) is 4. The summed E-state index contributed by atoms with van der Waals surface area (Å²) < 4.78 is 28.0. The molecule has 1 aromatic carbocycles. The number of amides is 2. The van der Waals surface area contributed by atoms with E-state index in [-0.39, 0.29) is 28.7 Å². The number of rotatable bonds is 4. The zero-order valence-corrected chi connectivity index (χ0v) is 18.8. The van der Waals surface area contributed by atoms with Crippen LogP contribution in [0.5, 0.6) is 0 Å². The number of anilines is 1. The molecule has 2 aliphatic heterocycles. The van der Waals surface area contributed by atoms with Crippen LogP contribution in [0.2, 0.25) is 0 Å². The highest BCUT2D eigenvalue weighted by atomic mass is 32.2. The number of fused-ring (bicyclic) bond motifs is 1. The van der Waals surface area contributed by atoms with Crippen LogP contribution in [0.15, 0.2) is 23.1 Å². The van der Waals surface area contributed by atoms with Crippen LogP contribution in [0, 0.1) is 5.92 Å². The van der Waals surface area contributed by atoms with Crippen LogP contribution in [0.3, 0.4) is 0 Å². The Labute approximate surface area is 178 Å². The van der Waals surface area contributed by atoms with Crippen LogP contribution in [0.1, 0.15) is 57.9 Å². The first-order valence-electron chi connectivity index (χ1n) is 10.9. The van der Waals surface area contributed by atoms with Crippen molar-refractivity contribution in [2.75, 3.05) is 25.0 Å². The van der Waals surface area contributed by atoms with Gasteiger partial charge in [-0.1, -0.05) is 12.8 Å². The molecule has 0 radical (unpaired) electrons. The van der Waals surface area contributed by atoms with Crippen molar-refractivity contribution in [3.63, 3.8) is 0 Å². The molecule has 1 aliphatic carbocycles. The number of nitrogens with one attached hydrogen (secondary N) is 1. The minimum Gasteiger partial charge on any atom is -0.353 e. The van der Waals surface area contributed by atoms with E-state index in [0.29, 0.717) is 25.9 Å². The number of sulfonamides is 1. The minimum absolute atomic E-state index is 0.0406. The molecule has 7 nitrogen and oxygen atoms in total. The number of benzene rings is 1. The highest BCUT2D eigenvalue weighted by molar-refractivity contribution is 7.89. The maximum atomic E-state index is 13.2. The summed E-state index contributed by atoms with van der Waals surface area (Å²) in [5, 5.41) is 3.14. The normalized spacial score (nSPS) is 23.0. The number of carbonyl (C=O) groups excluding carboxylic acids is 2. The van der Waals surface area contributed by atoms with Crippen molar-refractivity contribution in [2.24, 2.45) is 5.92 Å². The first-order chi connectivity index (χ1) is 14.1. The third-order valence-corrected chi connectivity index (χ3v) is 8.90. The Morgan fingerprint density at radius 3 is 2.37 bits per heavy atom. The largest absolute Gasteiger partial charge is 0.353 e. The molecule has 2 fully saturated rings. The summed E-state index contributed by atoms with van der Waals surface area (Å²) in [6.07, 6.45) is 5.50. The molecule has 4 rings (SSSR count). The maximum absolute atomic E-state index is 13.2. The van der Waals surface area contributed by atoms with Crippen LogP contribution >= 0.6 is 0 Å². The van der Waals surface area contributed by atoms with Gasteiger partial charge in [-0.15, -0.1) is 0 Å². The van der Waals surface area contributed by atoms with E-state index in [9.17, 15) is 18.0 Å². The molecule has 2 heterocycles. The van der Waals surface area contributed by atoms with Crippen LogP contribution in [-0.2, 0) is 25.0 Å². The smallest absolute Gasteiger partial charge is 0.243 e. The Kier molecular flexibility index (Phi) is 5.43. The number of hydrogen-bond donors (Lipinski definition) is 1. The van der Waals surface area contributed by atoms with Crippen molar-refractivity contribution in [2.45, 2.75) is 68.7 Å². The standard InChI is InChI=1S/C22H31N3O4S/c1-22(2)18-14-17(8-9-19(18)24(3)21(22)27)30(28,29)25-12-10-15(11-13-25)20(26)23-16-6-4-5-7-16/h8-9,14-16H,4-7,10-13H2,1-3H3,(H,23,26). The van der Waals surface area contributed by atoms with Crippen LogP contribution < -0.4 is 10.2 Å². The lowest BCUT2D eigenvalue weighted by atomic mass is 9.86.